The lowest BCUT2D eigenvalue weighted by Gasteiger charge is -2.15. The van der Waals surface area contributed by atoms with Crippen LogP contribution in [0.15, 0.2) is 42.5 Å². The topological polar surface area (TPSA) is 12.9 Å². The molecule has 1 saturated carbocycles. The molecular weight excluding hydrogens is 302 g/mol. The molecule has 0 amide bonds. The Morgan fingerprint density at radius 1 is 0.840 bits per heavy atom. The number of hydrogen-bond donors (Lipinski definition) is 0. The van der Waals surface area contributed by atoms with E-state index in [1.165, 1.54) is 65.3 Å². The van der Waals surface area contributed by atoms with E-state index in [0.717, 1.165) is 17.1 Å². The van der Waals surface area contributed by atoms with E-state index < -0.39 is 0 Å². The van der Waals surface area contributed by atoms with Gasteiger partial charge in [-0.3, -0.25) is 0 Å². The van der Waals surface area contributed by atoms with Crippen LogP contribution in [0.1, 0.15) is 47.9 Å². The average Bonchev–Trinajstić information content (AvgIpc) is 3.07. The normalized spacial score (nSPS) is 15.2. The van der Waals surface area contributed by atoms with Crippen LogP contribution in [-0.2, 0) is 6.42 Å². The Balaban J connectivity index is 1.86. The minimum absolute atomic E-state index is 0.846. The molecular formula is C24H27N. The summed E-state index contributed by atoms with van der Waals surface area (Å²) < 4.78 is 0. The van der Waals surface area contributed by atoms with Gasteiger partial charge in [0, 0.05) is 10.9 Å². The van der Waals surface area contributed by atoms with Crippen molar-refractivity contribution in [1.29, 1.82) is 0 Å². The molecule has 1 heterocycles. The molecule has 1 aliphatic rings. The maximum Gasteiger partial charge on any atom is 0.0712 e. The van der Waals surface area contributed by atoms with Gasteiger partial charge in [0.15, 0.2) is 0 Å². The van der Waals surface area contributed by atoms with Gasteiger partial charge >= 0.3 is 0 Å². The van der Waals surface area contributed by atoms with Gasteiger partial charge in [-0.2, -0.15) is 0 Å². The van der Waals surface area contributed by atoms with Crippen molar-refractivity contribution in [3.05, 3.63) is 64.7 Å². The van der Waals surface area contributed by atoms with E-state index in [1.807, 2.05) is 0 Å². The van der Waals surface area contributed by atoms with E-state index >= 15 is 0 Å². The summed E-state index contributed by atoms with van der Waals surface area (Å²) in [6.07, 6.45) is 6.76. The van der Waals surface area contributed by atoms with Crippen LogP contribution in [0, 0.1) is 26.7 Å². The molecule has 0 radical (unpaired) electrons. The molecule has 0 bridgehead atoms. The molecule has 0 spiro atoms. The van der Waals surface area contributed by atoms with Crippen LogP contribution in [0.3, 0.4) is 0 Å². The molecule has 4 rings (SSSR count). The van der Waals surface area contributed by atoms with Gasteiger partial charge in [-0.15, -0.1) is 0 Å². The second kappa shape index (κ2) is 6.63. The van der Waals surface area contributed by atoms with Crippen LogP contribution in [0.25, 0.3) is 22.2 Å². The van der Waals surface area contributed by atoms with Crippen LogP contribution >= 0.6 is 0 Å². The first kappa shape index (κ1) is 16.3. The predicted molar refractivity (Wildman–Crippen MR) is 107 cm³/mol. The molecule has 128 valence electrons. The van der Waals surface area contributed by atoms with Crippen molar-refractivity contribution >= 4 is 10.9 Å². The van der Waals surface area contributed by atoms with Crippen molar-refractivity contribution < 1.29 is 0 Å². The summed E-state index contributed by atoms with van der Waals surface area (Å²) in [6.45, 7) is 6.51. The summed E-state index contributed by atoms with van der Waals surface area (Å²) in [5.41, 5.74) is 8.91. The largest absolute Gasteiger partial charge is 0.248 e. The third kappa shape index (κ3) is 3.46. The summed E-state index contributed by atoms with van der Waals surface area (Å²) in [6, 6.07) is 15.8. The highest BCUT2D eigenvalue weighted by Gasteiger charge is 2.18. The maximum absolute atomic E-state index is 5.00. The molecule has 1 aliphatic carbocycles. The fraction of sp³-hybridized carbons (Fsp3) is 0.375. The summed E-state index contributed by atoms with van der Waals surface area (Å²) in [5, 5.41) is 1.35. The monoisotopic (exact) mass is 329 g/mol. The van der Waals surface area contributed by atoms with Gasteiger partial charge in [-0.05, 0) is 69.0 Å². The Labute approximate surface area is 151 Å². The third-order valence-corrected chi connectivity index (χ3v) is 5.55. The zero-order valence-corrected chi connectivity index (χ0v) is 15.6. The number of aryl methyl sites for hydroxylation is 3. The van der Waals surface area contributed by atoms with Crippen LogP contribution in [0.4, 0.5) is 0 Å². The fourth-order valence-corrected chi connectivity index (χ4v) is 4.37. The molecule has 0 aliphatic heterocycles. The molecule has 0 unspecified atom stereocenters. The number of aromatic nitrogens is 1. The highest BCUT2D eigenvalue weighted by atomic mass is 14.7. The van der Waals surface area contributed by atoms with Gasteiger partial charge in [0.25, 0.3) is 0 Å². The standard InChI is InChI=1S/C24H27N/c1-16-8-9-23-22(13-16)20(14-19-6-4-5-7-19)15-24(25-23)21-11-17(2)10-18(3)12-21/h8-13,15,19H,4-7,14H2,1-3H3. The molecule has 1 nitrogen and oxygen atoms in total. The zero-order chi connectivity index (χ0) is 17.4. The van der Waals surface area contributed by atoms with Gasteiger partial charge in [-0.1, -0.05) is 54.5 Å². The van der Waals surface area contributed by atoms with E-state index in [-0.39, 0.29) is 0 Å². The van der Waals surface area contributed by atoms with Crippen molar-refractivity contribution in [2.24, 2.45) is 5.92 Å². The quantitative estimate of drug-likeness (QED) is 0.530. The van der Waals surface area contributed by atoms with E-state index in [0.29, 0.717) is 0 Å². The first-order valence-corrected chi connectivity index (χ1v) is 9.57. The number of benzene rings is 2. The Kier molecular flexibility index (Phi) is 4.33. The van der Waals surface area contributed by atoms with Gasteiger partial charge in [0.2, 0.25) is 0 Å². The minimum Gasteiger partial charge on any atom is -0.248 e. The van der Waals surface area contributed by atoms with Crippen molar-refractivity contribution in [3.63, 3.8) is 0 Å². The molecule has 1 aromatic heterocycles. The van der Waals surface area contributed by atoms with Crippen LogP contribution in [0.2, 0.25) is 0 Å². The number of hydrogen-bond acceptors (Lipinski definition) is 1. The average molecular weight is 329 g/mol. The molecule has 0 atom stereocenters. The first-order chi connectivity index (χ1) is 12.1. The number of pyridine rings is 1. The second-order valence-corrected chi connectivity index (χ2v) is 7.92. The second-order valence-electron chi connectivity index (χ2n) is 7.92. The molecule has 1 fully saturated rings. The van der Waals surface area contributed by atoms with E-state index in [1.54, 1.807) is 0 Å². The smallest absolute Gasteiger partial charge is 0.0712 e. The molecule has 25 heavy (non-hydrogen) atoms. The number of fused-ring (bicyclic) bond motifs is 1. The molecule has 2 aromatic carbocycles. The Hall–Kier alpha value is -2.15. The Bertz CT molecular complexity index is 897. The number of nitrogens with zero attached hydrogens (tertiary/aromatic N) is 1. The lowest BCUT2D eigenvalue weighted by atomic mass is 9.93. The van der Waals surface area contributed by atoms with Gasteiger partial charge < -0.3 is 0 Å². The van der Waals surface area contributed by atoms with Gasteiger partial charge in [0.05, 0.1) is 11.2 Å². The lowest BCUT2D eigenvalue weighted by molar-refractivity contribution is 0.548. The van der Waals surface area contributed by atoms with Crippen LogP contribution in [0.5, 0.6) is 0 Å². The summed E-state index contributed by atoms with van der Waals surface area (Å²) in [7, 11) is 0. The molecule has 1 heteroatoms. The minimum atomic E-state index is 0.846. The van der Waals surface area contributed by atoms with Crippen molar-refractivity contribution in [2.45, 2.75) is 52.9 Å². The van der Waals surface area contributed by atoms with Crippen molar-refractivity contribution in [1.82, 2.24) is 4.98 Å². The Morgan fingerprint density at radius 2 is 1.56 bits per heavy atom. The van der Waals surface area contributed by atoms with Gasteiger partial charge in [-0.25, -0.2) is 4.98 Å². The maximum atomic E-state index is 5.00. The zero-order valence-electron chi connectivity index (χ0n) is 15.6. The van der Waals surface area contributed by atoms with Crippen molar-refractivity contribution in [3.8, 4) is 11.3 Å². The van der Waals surface area contributed by atoms with Crippen molar-refractivity contribution in [2.75, 3.05) is 0 Å². The van der Waals surface area contributed by atoms with Crippen LogP contribution < -0.4 is 0 Å². The van der Waals surface area contributed by atoms with Crippen LogP contribution in [-0.4, -0.2) is 4.98 Å². The Morgan fingerprint density at radius 3 is 2.28 bits per heavy atom. The fourth-order valence-electron chi connectivity index (χ4n) is 4.37. The predicted octanol–water partition coefficient (Wildman–Crippen LogP) is 6.56. The summed E-state index contributed by atoms with van der Waals surface area (Å²) in [4.78, 5) is 5.00. The van der Waals surface area contributed by atoms with E-state index in [2.05, 4.69) is 63.2 Å². The van der Waals surface area contributed by atoms with E-state index in [9.17, 15) is 0 Å². The first-order valence-electron chi connectivity index (χ1n) is 9.57. The summed E-state index contributed by atoms with van der Waals surface area (Å²) in [5.74, 6) is 0.846. The molecule has 0 saturated heterocycles. The highest BCUT2D eigenvalue weighted by molar-refractivity contribution is 5.86. The molecule has 3 aromatic rings. The third-order valence-electron chi connectivity index (χ3n) is 5.55. The SMILES string of the molecule is Cc1cc(C)cc(-c2cc(CC3CCCC3)c3cc(C)ccc3n2)c1. The molecule has 0 N–H and O–H groups in total. The number of rotatable bonds is 3. The lowest BCUT2D eigenvalue weighted by Crippen LogP contribution is -2.01. The summed E-state index contributed by atoms with van der Waals surface area (Å²) >= 11 is 0. The highest BCUT2D eigenvalue weighted by Crippen LogP contribution is 2.33. The van der Waals surface area contributed by atoms with Gasteiger partial charge in [0.1, 0.15) is 0 Å². The van der Waals surface area contributed by atoms with E-state index in [4.69, 9.17) is 4.98 Å².